The van der Waals surface area contributed by atoms with Crippen molar-refractivity contribution in [1.82, 2.24) is 9.80 Å². The van der Waals surface area contributed by atoms with Crippen molar-refractivity contribution < 1.29 is 36.2 Å². The second-order valence-electron chi connectivity index (χ2n) is 16.0. The highest BCUT2D eigenvalue weighted by atomic mass is 19.4. The lowest BCUT2D eigenvalue weighted by Gasteiger charge is -2.61. The van der Waals surface area contributed by atoms with Crippen LogP contribution >= 0.6 is 0 Å². The highest BCUT2D eigenvalue weighted by Crippen LogP contribution is 2.66. The molecule has 0 amide bonds. The molecule has 10 heteroatoms. The molecule has 9 atom stereocenters. The largest absolute Gasteiger partial charge is 0.416 e. The molecule has 1 aromatic rings. The zero-order valence-corrected chi connectivity index (χ0v) is 26.9. The van der Waals surface area contributed by atoms with Gasteiger partial charge in [-0.2, -0.15) is 26.3 Å². The molecule has 0 bridgehead atoms. The Bertz CT molecular complexity index is 1270. The monoisotopic (exact) mass is 642 g/mol. The maximum absolute atomic E-state index is 13.4. The number of fused-ring (bicyclic) bond motifs is 5. The number of carbonyl (C=O) groups excluding carboxylic acids is 1. The van der Waals surface area contributed by atoms with Gasteiger partial charge in [0.25, 0.3) is 0 Å². The minimum Gasteiger partial charge on any atom is -0.389 e. The van der Waals surface area contributed by atoms with Crippen LogP contribution < -0.4 is 0 Å². The van der Waals surface area contributed by atoms with Gasteiger partial charge in [0.2, 0.25) is 0 Å². The number of Topliss-reactive ketones (excluding diaryl/α,β-unsaturated/α-hetero) is 1. The first-order valence-electron chi connectivity index (χ1n) is 16.8. The fourth-order valence-electron chi connectivity index (χ4n) is 10.7. The van der Waals surface area contributed by atoms with E-state index in [1.54, 1.807) is 0 Å². The Morgan fingerprint density at radius 1 is 0.822 bits per heavy atom. The number of nitrogens with zero attached hydrogens (tertiary/aromatic N) is 2. The third-order valence-corrected chi connectivity index (χ3v) is 13.3. The standard InChI is InChI=1S/C35H48F6N2O2/c1-21-18-43(22(2)17-42(21)19-23-13-25(34(36,37)38)15-26(14-23)35(39,40)41)20-33(45)12-11-31(3)24(16-33)5-6-27-28-7-8-30(44)32(28,4)10-9-29(27)31/h13-15,21-22,24,27-29,45H,5-12,16-20H2,1-4H3/t21?,22?,24-,27-,28-,29-,31-,32-,33+/m0/s1. The molecule has 4 nitrogen and oxygen atoms in total. The molecule has 1 heterocycles. The lowest BCUT2D eigenvalue weighted by Crippen LogP contribution is -2.62. The van der Waals surface area contributed by atoms with Gasteiger partial charge in [-0.15, -0.1) is 0 Å². The van der Waals surface area contributed by atoms with Crippen LogP contribution in [0.2, 0.25) is 0 Å². The summed E-state index contributed by atoms with van der Waals surface area (Å²) in [6.45, 7) is 10.2. The zero-order valence-electron chi connectivity index (χ0n) is 26.9. The average Bonchev–Trinajstić information content (AvgIpc) is 3.25. The number of benzene rings is 1. The summed E-state index contributed by atoms with van der Waals surface area (Å²) in [6.07, 6.45) is -1.25. The Balaban J connectivity index is 1.10. The number of halogens is 6. The second kappa shape index (κ2) is 11.2. The van der Waals surface area contributed by atoms with Crippen LogP contribution in [0, 0.1) is 34.5 Å². The predicted molar refractivity (Wildman–Crippen MR) is 159 cm³/mol. The number of alkyl halides is 6. The summed E-state index contributed by atoms with van der Waals surface area (Å²) in [5, 5.41) is 12.0. The van der Waals surface area contributed by atoms with E-state index in [-0.39, 0.29) is 41.1 Å². The molecule has 0 spiro atoms. The first-order chi connectivity index (χ1) is 20.8. The van der Waals surface area contributed by atoms with Gasteiger partial charge in [0.15, 0.2) is 0 Å². The number of ketones is 1. The van der Waals surface area contributed by atoms with Crippen LogP contribution in [0.1, 0.15) is 102 Å². The van der Waals surface area contributed by atoms with E-state index in [2.05, 4.69) is 18.7 Å². The maximum Gasteiger partial charge on any atom is 0.416 e. The molecule has 6 rings (SSSR count). The molecule has 1 N–H and O–H groups in total. The third-order valence-electron chi connectivity index (χ3n) is 13.3. The maximum atomic E-state index is 13.4. The van der Waals surface area contributed by atoms with Crippen molar-refractivity contribution in [3.8, 4) is 0 Å². The van der Waals surface area contributed by atoms with Gasteiger partial charge < -0.3 is 5.11 Å². The van der Waals surface area contributed by atoms with E-state index in [1.165, 1.54) is 0 Å². The number of hydrogen-bond donors (Lipinski definition) is 1. The number of carbonyl (C=O) groups is 1. The number of aliphatic hydroxyl groups is 1. The summed E-state index contributed by atoms with van der Waals surface area (Å²) in [5.74, 6) is 2.58. The van der Waals surface area contributed by atoms with Crippen LogP contribution in [0.3, 0.4) is 0 Å². The van der Waals surface area contributed by atoms with Crippen LogP contribution in [0.5, 0.6) is 0 Å². The summed E-state index contributed by atoms with van der Waals surface area (Å²) >= 11 is 0. The fraction of sp³-hybridized carbons (Fsp3) is 0.800. The van der Waals surface area contributed by atoms with Gasteiger partial charge in [0.05, 0.1) is 16.7 Å². The second-order valence-corrected chi connectivity index (χ2v) is 16.0. The predicted octanol–water partition coefficient (Wildman–Crippen LogP) is 7.96. The molecule has 45 heavy (non-hydrogen) atoms. The SMILES string of the molecule is CC1CN(C[C@@]2(O)CC[C@@]3(C)[C@@H](CC[C@@H]4[C@@H]3CC[C@]3(C)C(=O)CC[C@@H]43)C2)C(C)CN1Cc1cc(C(F)(F)F)cc(C(F)(F)F)c1. The number of β-amino-alcohol motifs (C(OH)–C–C–N with tert-alkyl or cyclic N) is 1. The summed E-state index contributed by atoms with van der Waals surface area (Å²) in [6, 6.07) is 1.71. The van der Waals surface area contributed by atoms with E-state index >= 15 is 0 Å². The van der Waals surface area contributed by atoms with E-state index in [1.807, 2.05) is 18.7 Å². The van der Waals surface area contributed by atoms with Crippen molar-refractivity contribution in [1.29, 1.82) is 0 Å². The summed E-state index contributed by atoms with van der Waals surface area (Å²) in [4.78, 5) is 17.0. The normalized spacial score (nSPS) is 41.4. The molecule has 4 aliphatic carbocycles. The van der Waals surface area contributed by atoms with Gasteiger partial charge in [-0.3, -0.25) is 14.6 Å². The van der Waals surface area contributed by atoms with Crippen molar-refractivity contribution in [2.24, 2.45) is 34.5 Å². The van der Waals surface area contributed by atoms with Crippen LogP contribution in [0.25, 0.3) is 0 Å². The molecule has 4 saturated carbocycles. The summed E-state index contributed by atoms with van der Waals surface area (Å²) in [7, 11) is 0. The van der Waals surface area contributed by atoms with E-state index in [9.17, 15) is 36.2 Å². The molecular formula is C35H48F6N2O2. The average molecular weight is 643 g/mol. The zero-order chi connectivity index (χ0) is 32.7. The first-order valence-corrected chi connectivity index (χ1v) is 16.8. The Morgan fingerprint density at radius 2 is 1.44 bits per heavy atom. The fourth-order valence-corrected chi connectivity index (χ4v) is 10.7. The van der Waals surface area contributed by atoms with Crippen LogP contribution in [-0.2, 0) is 23.7 Å². The van der Waals surface area contributed by atoms with Crippen molar-refractivity contribution in [3.05, 3.63) is 34.9 Å². The quantitative estimate of drug-likeness (QED) is 0.339. The van der Waals surface area contributed by atoms with Crippen molar-refractivity contribution >= 4 is 5.78 Å². The minimum absolute atomic E-state index is 0.00422. The van der Waals surface area contributed by atoms with Gasteiger partial charge in [0, 0.05) is 50.1 Å². The molecule has 0 aromatic heterocycles. The molecule has 1 aromatic carbocycles. The number of piperazine rings is 1. The molecule has 1 aliphatic heterocycles. The minimum atomic E-state index is -4.87. The summed E-state index contributed by atoms with van der Waals surface area (Å²) in [5.41, 5.74) is -3.38. The van der Waals surface area contributed by atoms with Gasteiger partial charge in [-0.25, -0.2) is 0 Å². The van der Waals surface area contributed by atoms with E-state index in [0.717, 1.165) is 69.9 Å². The van der Waals surface area contributed by atoms with Gasteiger partial charge in [-0.05, 0) is 118 Å². The van der Waals surface area contributed by atoms with Crippen LogP contribution in [0.15, 0.2) is 18.2 Å². The number of hydrogen-bond acceptors (Lipinski definition) is 4. The van der Waals surface area contributed by atoms with Gasteiger partial charge in [-0.1, -0.05) is 13.8 Å². The molecule has 5 aliphatic rings. The van der Waals surface area contributed by atoms with E-state index < -0.39 is 29.1 Å². The lowest BCUT2D eigenvalue weighted by atomic mass is 9.44. The Hall–Kier alpha value is -1.65. The Labute approximate surface area is 262 Å². The van der Waals surface area contributed by atoms with Crippen molar-refractivity contribution in [3.63, 3.8) is 0 Å². The molecule has 1 saturated heterocycles. The van der Waals surface area contributed by atoms with Crippen molar-refractivity contribution in [2.45, 2.75) is 122 Å². The van der Waals surface area contributed by atoms with Crippen LogP contribution in [-0.4, -0.2) is 58.0 Å². The molecule has 2 unspecified atom stereocenters. The smallest absolute Gasteiger partial charge is 0.389 e. The molecular weight excluding hydrogens is 594 g/mol. The lowest BCUT2D eigenvalue weighted by molar-refractivity contribution is -0.160. The van der Waals surface area contributed by atoms with Gasteiger partial charge in [0.1, 0.15) is 5.78 Å². The van der Waals surface area contributed by atoms with Gasteiger partial charge >= 0.3 is 12.4 Å². The Morgan fingerprint density at radius 3 is 2.09 bits per heavy atom. The van der Waals surface area contributed by atoms with E-state index in [4.69, 9.17) is 0 Å². The highest BCUT2D eigenvalue weighted by Gasteiger charge is 2.61. The topological polar surface area (TPSA) is 43.8 Å². The summed E-state index contributed by atoms with van der Waals surface area (Å²) < 4.78 is 80.6. The highest BCUT2D eigenvalue weighted by molar-refractivity contribution is 5.87. The molecule has 0 radical (unpaired) electrons. The third kappa shape index (κ3) is 5.98. The van der Waals surface area contributed by atoms with Crippen molar-refractivity contribution in [2.75, 3.05) is 19.6 Å². The number of rotatable bonds is 4. The first kappa shape index (κ1) is 33.3. The van der Waals surface area contributed by atoms with E-state index in [0.29, 0.717) is 49.1 Å². The molecule has 252 valence electrons. The Kier molecular flexibility index (Phi) is 8.29. The molecule has 5 fully saturated rings. The van der Waals surface area contributed by atoms with Crippen LogP contribution in [0.4, 0.5) is 26.3 Å².